The lowest BCUT2D eigenvalue weighted by Crippen LogP contribution is -2.40. The van der Waals surface area contributed by atoms with Crippen LogP contribution in [0, 0.1) is 0 Å². The molecule has 4 heteroatoms. The third-order valence-electron chi connectivity index (χ3n) is 6.12. The minimum Gasteiger partial charge on any atom is -0.378 e. The molecule has 0 aromatic heterocycles. The summed E-state index contributed by atoms with van der Waals surface area (Å²) in [5, 5.41) is 0. The van der Waals surface area contributed by atoms with Crippen LogP contribution in [0.3, 0.4) is 0 Å². The third kappa shape index (κ3) is 3.52. The molecule has 0 spiro atoms. The summed E-state index contributed by atoms with van der Waals surface area (Å²) >= 11 is 0. The average molecular weight is 402 g/mol. The Morgan fingerprint density at radius 3 is 1.87 bits per heavy atom. The number of hydrogen-bond donors (Lipinski definition) is 0. The van der Waals surface area contributed by atoms with E-state index in [0.717, 1.165) is 0 Å². The summed E-state index contributed by atoms with van der Waals surface area (Å²) in [5.41, 5.74) is 7.89. The molecular weight excluding hydrogens is 370 g/mol. The summed E-state index contributed by atoms with van der Waals surface area (Å²) in [7, 11) is 10.3. The van der Waals surface area contributed by atoms with Crippen molar-refractivity contribution < 1.29 is 4.74 Å². The lowest BCUT2D eigenvalue weighted by atomic mass is 9.84. The van der Waals surface area contributed by atoms with Gasteiger partial charge in [0.15, 0.2) is 0 Å². The second-order valence-electron chi connectivity index (χ2n) is 8.62. The van der Waals surface area contributed by atoms with E-state index in [0.29, 0.717) is 6.73 Å². The Labute approximate surface area is 180 Å². The van der Waals surface area contributed by atoms with Gasteiger partial charge in [-0.25, -0.2) is 0 Å². The van der Waals surface area contributed by atoms with E-state index in [9.17, 15) is 0 Å². The summed E-state index contributed by atoms with van der Waals surface area (Å²) in [6, 6.07) is 24.1. The van der Waals surface area contributed by atoms with Crippen LogP contribution in [-0.2, 0) is 10.3 Å². The number of fused-ring (bicyclic) bond motifs is 1. The van der Waals surface area contributed by atoms with E-state index in [1.807, 2.05) is 0 Å². The molecule has 0 bridgehead atoms. The van der Waals surface area contributed by atoms with Gasteiger partial charge in [-0.05, 0) is 60.0 Å². The zero-order valence-corrected chi connectivity index (χ0v) is 18.8. The Morgan fingerprint density at radius 1 is 0.767 bits per heavy atom. The lowest BCUT2D eigenvalue weighted by molar-refractivity contribution is -0.0110. The SMILES string of the molecule is CN(C)c1ccc(-c2ccc3c(c2)C(C)(c2ccc(N(C)C)cc2)OCN3C)cc1. The monoisotopic (exact) mass is 401 g/mol. The number of rotatable bonds is 4. The van der Waals surface area contributed by atoms with Gasteiger partial charge in [0.05, 0.1) is 0 Å². The molecule has 0 saturated carbocycles. The fourth-order valence-electron chi connectivity index (χ4n) is 4.07. The molecule has 1 heterocycles. The quantitative estimate of drug-likeness (QED) is 0.600. The number of ether oxygens (including phenoxy) is 1. The molecule has 1 aliphatic rings. The molecule has 0 aliphatic carbocycles. The fraction of sp³-hybridized carbons (Fsp3) is 0.308. The molecule has 1 atom stereocenters. The van der Waals surface area contributed by atoms with E-state index in [2.05, 4.69) is 124 Å². The maximum atomic E-state index is 6.44. The van der Waals surface area contributed by atoms with Crippen molar-refractivity contribution in [1.82, 2.24) is 0 Å². The molecule has 3 aromatic rings. The molecule has 4 nitrogen and oxygen atoms in total. The van der Waals surface area contributed by atoms with Crippen LogP contribution in [0.5, 0.6) is 0 Å². The Kier molecular flexibility index (Phi) is 5.20. The number of anilines is 3. The molecular formula is C26H31N3O. The predicted molar refractivity (Wildman–Crippen MR) is 128 cm³/mol. The maximum Gasteiger partial charge on any atom is 0.120 e. The Bertz CT molecular complexity index is 1030. The first-order valence-electron chi connectivity index (χ1n) is 10.3. The van der Waals surface area contributed by atoms with E-state index < -0.39 is 5.60 Å². The summed E-state index contributed by atoms with van der Waals surface area (Å²) in [5.74, 6) is 0. The van der Waals surface area contributed by atoms with Gasteiger partial charge in [-0.1, -0.05) is 30.3 Å². The number of hydrogen-bond acceptors (Lipinski definition) is 4. The smallest absolute Gasteiger partial charge is 0.120 e. The highest BCUT2D eigenvalue weighted by molar-refractivity contribution is 5.72. The summed E-state index contributed by atoms with van der Waals surface area (Å²) in [4.78, 5) is 6.41. The molecule has 1 unspecified atom stereocenters. The number of nitrogens with zero attached hydrogens (tertiary/aromatic N) is 3. The molecule has 3 aromatic carbocycles. The minimum atomic E-state index is -0.494. The molecule has 0 N–H and O–H groups in total. The molecule has 0 amide bonds. The van der Waals surface area contributed by atoms with Gasteiger partial charge in [0, 0.05) is 57.9 Å². The van der Waals surface area contributed by atoms with E-state index >= 15 is 0 Å². The van der Waals surface area contributed by atoms with Crippen molar-refractivity contribution in [3.8, 4) is 11.1 Å². The largest absolute Gasteiger partial charge is 0.378 e. The standard InChI is InChI=1S/C26H31N3O/c1-26(21-10-14-23(15-11-21)28(4)5)24-17-20(9-16-25(24)29(6)18-30-26)19-7-12-22(13-8-19)27(2)3/h7-17H,18H2,1-6H3. The predicted octanol–water partition coefficient (Wildman–Crippen LogP) is 5.17. The van der Waals surface area contributed by atoms with Gasteiger partial charge in [-0.15, -0.1) is 0 Å². The number of benzene rings is 3. The Morgan fingerprint density at radius 2 is 1.30 bits per heavy atom. The van der Waals surface area contributed by atoms with Gasteiger partial charge >= 0.3 is 0 Å². The van der Waals surface area contributed by atoms with Crippen LogP contribution in [0.4, 0.5) is 17.1 Å². The summed E-state index contributed by atoms with van der Waals surface area (Å²) in [6.45, 7) is 2.75. The van der Waals surface area contributed by atoms with Crippen LogP contribution in [0.2, 0.25) is 0 Å². The lowest BCUT2D eigenvalue weighted by Gasteiger charge is -2.41. The topological polar surface area (TPSA) is 19.0 Å². The normalized spacial score (nSPS) is 18.1. The molecule has 0 saturated heterocycles. The maximum absolute atomic E-state index is 6.44. The Hall–Kier alpha value is -2.98. The highest BCUT2D eigenvalue weighted by Gasteiger charge is 2.37. The molecule has 30 heavy (non-hydrogen) atoms. The van der Waals surface area contributed by atoms with Crippen molar-refractivity contribution in [2.24, 2.45) is 0 Å². The van der Waals surface area contributed by atoms with Crippen molar-refractivity contribution in [3.05, 3.63) is 77.9 Å². The average Bonchev–Trinajstić information content (AvgIpc) is 2.76. The molecule has 1 aliphatic heterocycles. The zero-order valence-electron chi connectivity index (χ0n) is 18.8. The van der Waals surface area contributed by atoms with Crippen LogP contribution >= 0.6 is 0 Å². The van der Waals surface area contributed by atoms with Crippen molar-refractivity contribution in [1.29, 1.82) is 0 Å². The van der Waals surface area contributed by atoms with Gasteiger partial charge in [-0.3, -0.25) is 0 Å². The highest BCUT2D eigenvalue weighted by Crippen LogP contribution is 2.44. The fourth-order valence-corrected chi connectivity index (χ4v) is 4.07. The van der Waals surface area contributed by atoms with Crippen LogP contribution in [0.15, 0.2) is 66.7 Å². The van der Waals surface area contributed by atoms with Crippen molar-refractivity contribution in [3.63, 3.8) is 0 Å². The van der Waals surface area contributed by atoms with E-state index in [-0.39, 0.29) is 0 Å². The highest BCUT2D eigenvalue weighted by atomic mass is 16.5. The van der Waals surface area contributed by atoms with E-state index in [4.69, 9.17) is 4.74 Å². The van der Waals surface area contributed by atoms with E-state index in [1.54, 1.807) is 0 Å². The van der Waals surface area contributed by atoms with Gasteiger partial charge in [0.1, 0.15) is 12.3 Å². The molecule has 0 radical (unpaired) electrons. The molecule has 0 fully saturated rings. The first-order valence-corrected chi connectivity index (χ1v) is 10.3. The van der Waals surface area contributed by atoms with Gasteiger partial charge in [0.2, 0.25) is 0 Å². The van der Waals surface area contributed by atoms with Crippen LogP contribution in [0.1, 0.15) is 18.1 Å². The van der Waals surface area contributed by atoms with Crippen LogP contribution in [0.25, 0.3) is 11.1 Å². The van der Waals surface area contributed by atoms with Gasteiger partial charge in [-0.2, -0.15) is 0 Å². The molecule has 4 rings (SSSR count). The van der Waals surface area contributed by atoms with Crippen LogP contribution < -0.4 is 14.7 Å². The summed E-state index contributed by atoms with van der Waals surface area (Å²) < 4.78 is 6.44. The minimum absolute atomic E-state index is 0.494. The zero-order chi connectivity index (χ0) is 21.5. The molecule has 156 valence electrons. The van der Waals surface area contributed by atoms with Gasteiger partial charge in [0.25, 0.3) is 0 Å². The van der Waals surface area contributed by atoms with Crippen molar-refractivity contribution in [2.45, 2.75) is 12.5 Å². The Balaban J connectivity index is 1.78. The van der Waals surface area contributed by atoms with Crippen molar-refractivity contribution in [2.75, 3.05) is 56.7 Å². The second kappa shape index (κ2) is 7.69. The van der Waals surface area contributed by atoms with E-state index in [1.165, 1.54) is 39.3 Å². The van der Waals surface area contributed by atoms with Gasteiger partial charge < -0.3 is 19.4 Å². The summed E-state index contributed by atoms with van der Waals surface area (Å²) in [6.07, 6.45) is 0. The van der Waals surface area contributed by atoms with Crippen LogP contribution in [-0.4, -0.2) is 42.0 Å². The third-order valence-corrected chi connectivity index (χ3v) is 6.12. The second-order valence-corrected chi connectivity index (χ2v) is 8.62. The first kappa shape index (κ1) is 20.3. The van der Waals surface area contributed by atoms with Crippen molar-refractivity contribution >= 4 is 17.1 Å². The first-order chi connectivity index (χ1) is 14.3.